The second-order valence-electron chi connectivity index (χ2n) is 6.39. The molecule has 0 fully saturated rings. The fourth-order valence-electron chi connectivity index (χ4n) is 2.44. The first-order valence-electron chi connectivity index (χ1n) is 9.44. The Hall–Kier alpha value is -4.04. The quantitative estimate of drug-likeness (QED) is 0.135. The Morgan fingerprint density at radius 3 is 2.19 bits per heavy atom. The molecule has 8 heteroatoms. The number of ether oxygens (including phenoxy) is 1. The number of nitrogens with zero attached hydrogens (tertiary/aromatic N) is 1. The largest absolute Gasteiger partial charge is 0.423 e. The number of hydrogen-bond donors (Lipinski definition) is 2. The summed E-state index contributed by atoms with van der Waals surface area (Å²) in [5, 5.41) is 6.22. The number of amides is 2. The molecular formula is C24H18BrN3O4. The van der Waals surface area contributed by atoms with Crippen LogP contribution in [0, 0.1) is 0 Å². The topological polar surface area (TPSA) is 96.9 Å². The molecular weight excluding hydrogens is 474 g/mol. The van der Waals surface area contributed by atoms with Gasteiger partial charge in [-0.3, -0.25) is 9.59 Å². The van der Waals surface area contributed by atoms with Crippen LogP contribution in [0.1, 0.15) is 11.1 Å². The maximum absolute atomic E-state index is 11.9. The van der Waals surface area contributed by atoms with Crippen LogP contribution in [-0.4, -0.2) is 24.0 Å². The molecule has 0 bridgehead atoms. The van der Waals surface area contributed by atoms with Crippen molar-refractivity contribution in [2.24, 2.45) is 5.10 Å². The van der Waals surface area contributed by atoms with E-state index in [4.69, 9.17) is 4.74 Å². The Morgan fingerprint density at radius 1 is 0.812 bits per heavy atom. The van der Waals surface area contributed by atoms with Crippen LogP contribution < -0.4 is 15.5 Å². The second-order valence-corrected chi connectivity index (χ2v) is 7.31. The van der Waals surface area contributed by atoms with Crippen molar-refractivity contribution < 1.29 is 19.1 Å². The van der Waals surface area contributed by atoms with Crippen LogP contribution in [0.5, 0.6) is 5.75 Å². The molecule has 2 N–H and O–H groups in total. The number of hydrazone groups is 1. The highest BCUT2D eigenvalue weighted by Gasteiger charge is 2.12. The van der Waals surface area contributed by atoms with Gasteiger partial charge in [0.1, 0.15) is 5.75 Å². The van der Waals surface area contributed by atoms with E-state index in [0.29, 0.717) is 17.0 Å². The highest BCUT2D eigenvalue weighted by molar-refractivity contribution is 9.10. The number of benzene rings is 3. The number of esters is 1. The van der Waals surface area contributed by atoms with Gasteiger partial charge in [0, 0.05) is 16.2 Å². The highest BCUT2D eigenvalue weighted by Crippen LogP contribution is 2.14. The van der Waals surface area contributed by atoms with Gasteiger partial charge in [0.15, 0.2) is 0 Å². The lowest BCUT2D eigenvalue weighted by Crippen LogP contribution is -2.32. The molecule has 0 saturated heterocycles. The summed E-state index contributed by atoms with van der Waals surface area (Å²) in [6.07, 6.45) is 4.38. The third kappa shape index (κ3) is 7.33. The predicted octanol–water partition coefficient (Wildman–Crippen LogP) is 4.16. The van der Waals surface area contributed by atoms with E-state index in [1.54, 1.807) is 54.6 Å². The van der Waals surface area contributed by atoms with Crippen LogP contribution in [-0.2, 0) is 14.4 Å². The smallest absolute Gasteiger partial charge is 0.336 e. The van der Waals surface area contributed by atoms with Crippen LogP contribution in [0.25, 0.3) is 6.08 Å². The number of carbonyl (C=O) groups is 3. The van der Waals surface area contributed by atoms with Crippen LogP contribution in [0.3, 0.4) is 0 Å². The van der Waals surface area contributed by atoms with Gasteiger partial charge in [0.25, 0.3) is 0 Å². The number of hydrogen-bond acceptors (Lipinski definition) is 5. The molecule has 2 amide bonds. The van der Waals surface area contributed by atoms with Crippen molar-refractivity contribution in [1.82, 2.24) is 5.43 Å². The molecule has 0 aliphatic rings. The number of halogens is 1. The average molecular weight is 492 g/mol. The molecule has 0 atom stereocenters. The summed E-state index contributed by atoms with van der Waals surface area (Å²) in [6, 6.07) is 22.7. The van der Waals surface area contributed by atoms with Crippen LogP contribution >= 0.6 is 15.9 Å². The van der Waals surface area contributed by atoms with Crippen molar-refractivity contribution in [2.75, 3.05) is 5.32 Å². The van der Waals surface area contributed by atoms with Gasteiger partial charge >= 0.3 is 17.8 Å². The Kier molecular flexibility index (Phi) is 8.05. The molecule has 3 aromatic carbocycles. The van der Waals surface area contributed by atoms with Crippen LogP contribution in [0.4, 0.5) is 5.69 Å². The third-order valence-corrected chi connectivity index (χ3v) is 4.53. The van der Waals surface area contributed by atoms with Crippen LogP contribution in [0.2, 0.25) is 0 Å². The Balaban J connectivity index is 1.46. The number of nitrogens with one attached hydrogen (secondary N) is 2. The Morgan fingerprint density at radius 2 is 1.50 bits per heavy atom. The maximum Gasteiger partial charge on any atom is 0.336 e. The fourth-order valence-corrected chi connectivity index (χ4v) is 2.70. The fraction of sp³-hybridized carbons (Fsp3) is 0. The van der Waals surface area contributed by atoms with Gasteiger partial charge in [-0.2, -0.15) is 5.10 Å². The lowest BCUT2D eigenvalue weighted by atomic mass is 10.2. The van der Waals surface area contributed by atoms with Crippen molar-refractivity contribution in [3.8, 4) is 5.75 Å². The summed E-state index contributed by atoms with van der Waals surface area (Å²) in [6.45, 7) is 0. The van der Waals surface area contributed by atoms with Gasteiger partial charge < -0.3 is 10.1 Å². The van der Waals surface area contributed by atoms with E-state index in [9.17, 15) is 14.4 Å². The van der Waals surface area contributed by atoms with E-state index in [1.165, 1.54) is 12.3 Å². The molecule has 160 valence electrons. The molecule has 0 aliphatic heterocycles. The van der Waals surface area contributed by atoms with Crippen molar-refractivity contribution >= 4 is 51.7 Å². The molecule has 0 aliphatic carbocycles. The highest BCUT2D eigenvalue weighted by atomic mass is 79.9. The number of rotatable bonds is 6. The summed E-state index contributed by atoms with van der Waals surface area (Å²) in [5.41, 5.74) is 4.17. The third-order valence-electron chi connectivity index (χ3n) is 4.00. The van der Waals surface area contributed by atoms with E-state index in [-0.39, 0.29) is 0 Å². The van der Waals surface area contributed by atoms with E-state index < -0.39 is 17.8 Å². The number of carbonyl (C=O) groups excluding carboxylic acids is 3. The summed E-state index contributed by atoms with van der Waals surface area (Å²) < 4.78 is 6.09. The monoisotopic (exact) mass is 491 g/mol. The first kappa shape index (κ1) is 22.6. The molecule has 32 heavy (non-hydrogen) atoms. The minimum atomic E-state index is -0.903. The Bertz CT molecular complexity index is 1140. The van der Waals surface area contributed by atoms with E-state index in [1.807, 2.05) is 30.3 Å². The molecule has 3 rings (SSSR count). The summed E-state index contributed by atoms with van der Waals surface area (Å²) in [5.74, 6) is -1.88. The average Bonchev–Trinajstić information content (AvgIpc) is 2.81. The zero-order valence-electron chi connectivity index (χ0n) is 16.7. The van der Waals surface area contributed by atoms with Crippen molar-refractivity contribution in [2.45, 2.75) is 0 Å². The van der Waals surface area contributed by atoms with Crippen molar-refractivity contribution in [1.29, 1.82) is 0 Å². The zero-order valence-corrected chi connectivity index (χ0v) is 18.3. The molecule has 7 nitrogen and oxygen atoms in total. The lowest BCUT2D eigenvalue weighted by Gasteiger charge is -2.04. The van der Waals surface area contributed by atoms with Crippen molar-refractivity contribution in [3.05, 3.63) is 101 Å². The SMILES string of the molecule is O=C(C=Cc1ccccc1)Oc1ccc(C=NNC(=O)C(=O)Nc2ccc(Br)cc2)cc1. The number of anilines is 1. The molecule has 0 saturated carbocycles. The molecule has 0 radical (unpaired) electrons. The standard InChI is InChI=1S/C24H18BrN3O4/c25-19-9-11-20(12-10-19)27-23(30)24(31)28-26-16-18-6-13-21(14-7-18)32-22(29)15-8-17-4-2-1-3-5-17/h1-16H,(H,27,30)(H,28,31). The minimum absolute atomic E-state index is 0.364. The van der Waals surface area contributed by atoms with Crippen LogP contribution in [0.15, 0.2) is 94.5 Å². The summed E-state index contributed by atoms with van der Waals surface area (Å²) in [4.78, 5) is 35.6. The van der Waals surface area contributed by atoms with Gasteiger partial charge in [-0.15, -0.1) is 0 Å². The summed E-state index contributed by atoms with van der Waals surface area (Å²) >= 11 is 3.29. The molecule has 0 heterocycles. The van der Waals surface area contributed by atoms with Gasteiger partial charge in [-0.05, 0) is 65.7 Å². The van der Waals surface area contributed by atoms with Gasteiger partial charge in [0.2, 0.25) is 0 Å². The molecule has 0 spiro atoms. The second kappa shape index (κ2) is 11.4. The lowest BCUT2D eigenvalue weighted by molar-refractivity contribution is -0.136. The maximum atomic E-state index is 11.9. The molecule has 0 aromatic heterocycles. The zero-order chi connectivity index (χ0) is 22.8. The Labute approximate surface area is 192 Å². The predicted molar refractivity (Wildman–Crippen MR) is 126 cm³/mol. The van der Waals surface area contributed by atoms with Gasteiger partial charge in [0.05, 0.1) is 6.21 Å². The molecule has 0 unspecified atom stereocenters. The van der Waals surface area contributed by atoms with Crippen molar-refractivity contribution in [3.63, 3.8) is 0 Å². The normalized spacial score (nSPS) is 10.8. The first-order valence-corrected chi connectivity index (χ1v) is 10.2. The first-order chi connectivity index (χ1) is 15.5. The van der Waals surface area contributed by atoms with E-state index in [0.717, 1.165) is 10.0 Å². The molecule has 3 aromatic rings. The van der Waals surface area contributed by atoms with E-state index in [2.05, 4.69) is 31.8 Å². The minimum Gasteiger partial charge on any atom is -0.423 e. The summed E-state index contributed by atoms with van der Waals surface area (Å²) in [7, 11) is 0. The van der Waals surface area contributed by atoms with Gasteiger partial charge in [-0.25, -0.2) is 10.2 Å². The van der Waals surface area contributed by atoms with Gasteiger partial charge in [-0.1, -0.05) is 46.3 Å². The van der Waals surface area contributed by atoms with E-state index >= 15 is 0 Å².